The van der Waals surface area contributed by atoms with E-state index in [1.54, 1.807) is 25.3 Å². The van der Waals surface area contributed by atoms with E-state index in [9.17, 15) is 9.59 Å². The van der Waals surface area contributed by atoms with Crippen LogP contribution in [0.4, 0.5) is 0 Å². The molecule has 1 atom stereocenters. The Morgan fingerprint density at radius 1 is 1.25 bits per heavy atom. The van der Waals surface area contributed by atoms with Crippen LogP contribution in [-0.4, -0.2) is 30.2 Å². The van der Waals surface area contributed by atoms with Crippen molar-refractivity contribution in [2.45, 2.75) is 19.5 Å². The topological polar surface area (TPSA) is 93.3 Å². The Labute approximate surface area is 170 Å². The summed E-state index contributed by atoms with van der Waals surface area (Å²) in [5, 5.41) is 3.75. The van der Waals surface area contributed by atoms with E-state index >= 15 is 0 Å². The van der Waals surface area contributed by atoms with Crippen molar-refractivity contribution in [3.05, 3.63) is 68.2 Å². The highest BCUT2D eigenvalue weighted by atomic mass is 79.9. The van der Waals surface area contributed by atoms with Crippen molar-refractivity contribution in [3.8, 4) is 5.75 Å². The molecule has 0 amide bonds. The molecule has 0 unspecified atom stereocenters. The first-order valence-electron chi connectivity index (χ1n) is 8.61. The predicted octanol–water partition coefficient (Wildman–Crippen LogP) is 3.33. The highest BCUT2D eigenvalue weighted by Crippen LogP contribution is 2.28. The van der Waals surface area contributed by atoms with Crippen LogP contribution in [-0.2, 0) is 11.3 Å². The van der Waals surface area contributed by atoms with Crippen molar-refractivity contribution in [1.82, 2.24) is 15.3 Å². The molecule has 28 heavy (non-hydrogen) atoms. The normalized spacial score (nSPS) is 12.0. The van der Waals surface area contributed by atoms with Gasteiger partial charge in [0.05, 0.1) is 41.7 Å². The molecule has 1 aromatic heterocycles. The van der Waals surface area contributed by atoms with Gasteiger partial charge < -0.3 is 19.8 Å². The first kappa shape index (κ1) is 20.0. The van der Waals surface area contributed by atoms with E-state index in [2.05, 4.69) is 31.2 Å². The lowest BCUT2D eigenvalue weighted by Gasteiger charge is -2.15. The van der Waals surface area contributed by atoms with Crippen LogP contribution in [0.2, 0.25) is 0 Å². The Morgan fingerprint density at radius 2 is 2.04 bits per heavy atom. The van der Waals surface area contributed by atoms with Gasteiger partial charge in [-0.15, -0.1) is 0 Å². The van der Waals surface area contributed by atoms with Crippen molar-refractivity contribution in [2.75, 3.05) is 14.2 Å². The molecule has 0 aliphatic rings. The third kappa shape index (κ3) is 4.23. The van der Waals surface area contributed by atoms with E-state index in [0.717, 1.165) is 15.8 Å². The molecule has 0 aliphatic heterocycles. The van der Waals surface area contributed by atoms with Gasteiger partial charge in [-0.25, -0.2) is 9.78 Å². The number of ether oxygens (including phenoxy) is 2. The second-order valence-corrected chi connectivity index (χ2v) is 7.09. The molecule has 7 nitrogen and oxygen atoms in total. The van der Waals surface area contributed by atoms with E-state index in [-0.39, 0.29) is 11.6 Å². The Morgan fingerprint density at radius 3 is 2.71 bits per heavy atom. The summed E-state index contributed by atoms with van der Waals surface area (Å²) in [5.41, 5.74) is 1.61. The summed E-state index contributed by atoms with van der Waals surface area (Å²) >= 11 is 3.48. The minimum absolute atomic E-state index is 0.0182. The van der Waals surface area contributed by atoms with Crippen LogP contribution < -0.4 is 15.6 Å². The number of halogens is 1. The van der Waals surface area contributed by atoms with Gasteiger partial charge >= 0.3 is 5.97 Å². The number of esters is 1. The summed E-state index contributed by atoms with van der Waals surface area (Å²) in [5.74, 6) is 0.777. The zero-order valence-corrected chi connectivity index (χ0v) is 17.3. The lowest BCUT2D eigenvalue weighted by atomic mass is 10.1. The number of methoxy groups -OCH3 is 2. The Bertz CT molecular complexity index is 1080. The number of hydrogen-bond acceptors (Lipinski definition) is 6. The summed E-state index contributed by atoms with van der Waals surface area (Å²) < 4.78 is 10.8. The SMILES string of the molecule is COC(=O)c1ccc2c(=O)[nH]c(CN[C@@H](C)c3ccc(OC)c(Br)c3)nc2c1. The number of hydrogen-bond donors (Lipinski definition) is 2. The van der Waals surface area contributed by atoms with Gasteiger partial charge in [0.2, 0.25) is 0 Å². The molecule has 2 N–H and O–H groups in total. The molecule has 8 heteroatoms. The first-order chi connectivity index (χ1) is 13.4. The second kappa shape index (κ2) is 8.53. The van der Waals surface area contributed by atoms with Gasteiger partial charge in [0, 0.05) is 6.04 Å². The molecule has 3 aromatic rings. The van der Waals surface area contributed by atoms with Gasteiger partial charge in [0.1, 0.15) is 11.6 Å². The lowest BCUT2D eigenvalue weighted by Crippen LogP contribution is -2.22. The molecule has 0 radical (unpaired) electrons. The van der Waals surface area contributed by atoms with Crippen LogP contribution in [0.5, 0.6) is 5.75 Å². The van der Waals surface area contributed by atoms with Crippen LogP contribution in [0.25, 0.3) is 10.9 Å². The second-order valence-electron chi connectivity index (χ2n) is 6.23. The number of nitrogens with one attached hydrogen (secondary N) is 2. The van der Waals surface area contributed by atoms with Crippen molar-refractivity contribution >= 4 is 32.8 Å². The Hall–Kier alpha value is -2.71. The lowest BCUT2D eigenvalue weighted by molar-refractivity contribution is 0.0601. The number of aromatic amines is 1. The molecule has 0 saturated carbocycles. The third-order valence-corrected chi connectivity index (χ3v) is 5.05. The maximum atomic E-state index is 12.3. The summed E-state index contributed by atoms with van der Waals surface area (Å²) in [7, 11) is 2.93. The van der Waals surface area contributed by atoms with Gasteiger partial charge in [-0.2, -0.15) is 0 Å². The third-order valence-electron chi connectivity index (χ3n) is 4.43. The number of carbonyl (C=O) groups is 1. The maximum Gasteiger partial charge on any atom is 0.337 e. The Balaban J connectivity index is 1.80. The maximum absolute atomic E-state index is 12.3. The van der Waals surface area contributed by atoms with Crippen LogP contribution >= 0.6 is 15.9 Å². The zero-order chi connectivity index (χ0) is 20.3. The monoisotopic (exact) mass is 445 g/mol. The minimum atomic E-state index is -0.470. The zero-order valence-electron chi connectivity index (χ0n) is 15.7. The average molecular weight is 446 g/mol. The van der Waals surface area contributed by atoms with E-state index in [4.69, 9.17) is 9.47 Å². The quantitative estimate of drug-likeness (QED) is 0.565. The molecule has 0 aliphatic carbocycles. The van der Waals surface area contributed by atoms with Gasteiger partial charge in [0.25, 0.3) is 5.56 Å². The van der Waals surface area contributed by atoms with Crippen molar-refractivity contribution < 1.29 is 14.3 Å². The van der Waals surface area contributed by atoms with Crippen LogP contribution in [0.3, 0.4) is 0 Å². The van der Waals surface area contributed by atoms with E-state index in [1.807, 2.05) is 25.1 Å². The van der Waals surface area contributed by atoms with Crippen molar-refractivity contribution in [2.24, 2.45) is 0 Å². The van der Waals surface area contributed by atoms with Crippen molar-refractivity contribution in [3.63, 3.8) is 0 Å². The fourth-order valence-corrected chi connectivity index (χ4v) is 3.39. The predicted molar refractivity (Wildman–Crippen MR) is 110 cm³/mol. The van der Waals surface area contributed by atoms with Crippen molar-refractivity contribution in [1.29, 1.82) is 0 Å². The van der Waals surface area contributed by atoms with E-state index in [1.165, 1.54) is 7.11 Å². The molecule has 3 rings (SSSR count). The number of H-pyrrole nitrogens is 1. The van der Waals surface area contributed by atoms with Gasteiger partial charge in [-0.05, 0) is 58.7 Å². The number of nitrogens with zero attached hydrogens (tertiary/aromatic N) is 1. The fraction of sp³-hybridized carbons (Fsp3) is 0.250. The van der Waals surface area contributed by atoms with Crippen LogP contribution in [0.1, 0.15) is 34.7 Å². The van der Waals surface area contributed by atoms with Gasteiger partial charge in [-0.1, -0.05) is 6.07 Å². The van der Waals surface area contributed by atoms with E-state index < -0.39 is 5.97 Å². The number of carbonyl (C=O) groups excluding carboxylic acids is 1. The minimum Gasteiger partial charge on any atom is -0.496 e. The summed E-state index contributed by atoms with van der Waals surface area (Å²) in [6.07, 6.45) is 0. The standard InChI is InChI=1S/C20H20BrN3O4/c1-11(12-5-7-17(27-2)15(21)8-12)22-10-18-23-16-9-13(20(26)28-3)4-6-14(16)19(25)24-18/h4-9,11,22H,10H2,1-3H3,(H,23,24,25)/t11-/m0/s1. The highest BCUT2D eigenvalue weighted by molar-refractivity contribution is 9.10. The molecule has 0 fully saturated rings. The first-order valence-corrected chi connectivity index (χ1v) is 9.40. The number of benzene rings is 2. The molecule has 1 heterocycles. The average Bonchev–Trinajstić information content (AvgIpc) is 2.70. The molecule has 146 valence electrons. The highest BCUT2D eigenvalue weighted by Gasteiger charge is 2.12. The largest absolute Gasteiger partial charge is 0.496 e. The fourth-order valence-electron chi connectivity index (χ4n) is 2.84. The summed E-state index contributed by atoms with van der Waals surface area (Å²) in [6, 6.07) is 10.5. The summed E-state index contributed by atoms with van der Waals surface area (Å²) in [4.78, 5) is 31.3. The molecular formula is C20H20BrN3O4. The van der Waals surface area contributed by atoms with Gasteiger partial charge in [0.15, 0.2) is 0 Å². The molecular weight excluding hydrogens is 426 g/mol. The van der Waals surface area contributed by atoms with E-state index in [0.29, 0.717) is 28.8 Å². The van der Waals surface area contributed by atoms with Gasteiger partial charge in [-0.3, -0.25) is 4.79 Å². The smallest absolute Gasteiger partial charge is 0.337 e. The Kier molecular flexibility index (Phi) is 6.11. The van der Waals surface area contributed by atoms with Crippen LogP contribution in [0.15, 0.2) is 45.7 Å². The number of rotatable bonds is 6. The number of fused-ring (bicyclic) bond motifs is 1. The number of aromatic nitrogens is 2. The van der Waals surface area contributed by atoms with Crippen LogP contribution in [0, 0.1) is 0 Å². The molecule has 0 bridgehead atoms. The molecule has 0 saturated heterocycles. The summed E-state index contributed by atoms with van der Waals surface area (Å²) in [6.45, 7) is 2.38. The molecule has 0 spiro atoms. The molecule has 2 aromatic carbocycles.